The first-order valence-corrected chi connectivity index (χ1v) is 7.74. The number of aryl methyl sites for hydroxylation is 1. The first kappa shape index (κ1) is 18.7. The van der Waals surface area contributed by atoms with Crippen molar-refractivity contribution in [1.29, 1.82) is 0 Å². The van der Waals surface area contributed by atoms with Crippen LogP contribution in [0.15, 0.2) is 17.1 Å². The van der Waals surface area contributed by atoms with Crippen molar-refractivity contribution in [2.75, 3.05) is 40.5 Å². The molecule has 0 aromatic carbocycles. The second kappa shape index (κ2) is 10.4. The highest BCUT2D eigenvalue weighted by Gasteiger charge is 2.11. The quantitative estimate of drug-likeness (QED) is 0.670. The van der Waals surface area contributed by atoms with Crippen molar-refractivity contribution >= 4 is 0 Å². The molecule has 0 radical (unpaired) electrons. The zero-order valence-electron chi connectivity index (χ0n) is 13.9. The number of aromatic nitrogens is 1. The van der Waals surface area contributed by atoms with Crippen molar-refractivity contribution in [2.24, 2.45) is 0 Å². The summed E-state index contributed by atoms with van der Waals surface area (Å²) in [5.41, 5.74) is 0.574. The van der Waals surface area contributed by atoms with E-state index in [9.17, 15) is 9.90 Å². The van der Waals surface area contributed by atoms with Crippen LogP contribution in [0.25, 0.3) is 0 Å². The molecule has 0 amide bonds. The maximum Gasteiger partial charge on any atom is 0.223 e. The normalized spacial score (nSPS) is 11.3. The predicted molar refractivity (Wildman–Crippen MR) is 86.3 cm³/mol. The summed E-state index contributed by atoms with van der Waals surface area (Å²) in [6.07, 6.45) is 3.60. The van der Waals surface area contributed by atoms with E-state index in [1.165, 1.54) is 12.3 Å². The summed E-state index contributed by atoms with van der Waals surface area (Å²) < 4.78 is 12.2. The zero-order valence-corrected chi connectivity index (χ0v) is 13.9. The Hall–Kier alpha value is -1.37. The largest absolute Gasteiger partial charge is 0.503 e. The van der Waals surface area contributed by atoms with Crippen LogP contribution in [0.4, 0.5) is 0 Å². The minimum absolute atomic E-state index is 0.194. The molecule has 0 atom stereocenters. The number of hydrogen-bond donors (Lipinski definition) is 1. The molecule has 126 valence electrons. The molecule has 1 aromatic heterocycles. The first-order valence-electron chi connectivity index (χ1n) is 7.74. The predicted octanol–water partition coefficient (Wildman–Crippen LogP) is 1.45. The lowest BCUT2D eigenvalue weighted by atomic mass is 10.2. The maximum atomic E-state index is 11.7. The van der Waals surface area contributed by atoms with Gasteiger partial charge in [0.1, 0.15) is 0 Å². The minimum Gasteiger partial charge on any atom is -0.503 e. The van der Waals surface area contributed by atoms with Gasteiger partial charge in [0.05, 0.1) is 19.4 Å². The molecule has 0 spiro atoms. The third-order valence-electron chi connectivity index (χ3n) is 3.56. The highest BCUT2D eigenvalue weighted by atomic mass is 16.5. The van der Waals surface area contributed by atoms with Crippen LogP contribution in [0.2, 0.25) is 0 Å². The molecule has 0 aliphatic heterocycles. The fourth-order valence-electron chi connectivity index (χ4n) is 2.22. The number of pyridine rings is 1. The molecule has 0 aliphatic carbocycles. The summed E-state index contributed by atoms with van der Waals surface area (Å²) in [6.45, 7) is 6.33. The third-order valence-corrected chi connectivity index (χ3v) is 3.56. The molecule has 0 saturated heterocycles. The van der Waals surface area contributed by atoms with Crippen LogP contribution in [0.3, 0.4) is 0 Å². The fraction of sp³-hybridized carbons (Fsp3) is 0.688. The number of unbranched alkanes of at least 4 members (excludes halogenated alkanes) is 1. The summed E-state index contributed by atoms with van der Waals surface area (Å²) in [6, 6.07) is 1.53. The van der Waals surface area contributed by atoms with Crippen molar-refractivity contribution in [3.8, 4) is 5.75 Å². The van der Waals surface area contributed by atoms with Gasteiger partial charge in [0, 0.05) is 52.2 Å². The first-order chi connectivity index (χ1) is 10.6. The average molecular weight is 312 g/mol. The third kappa shape index (κ3) is 6.17. The number of rotatable bonds is 11. The lowest BCUT2D eigenvalue weighted by Crippen LogP contribution is -2.32. The van der Waals surface area contributed by atoms with Gasteiger partial charge in [-0.3, -0.25) is 9.69 Å². The van der Waals surface area contributed by atoms with Crippen LogP contribution in [-0.4, -0.2) is 55.1 Å². The lowest BCUT2D eigenvalue weighted by molar-refractivity contribution is 0.108. The van der Waals surface area contributed by atoms with Crippen molar-refractivity contribution < 1.29 is 14.6 Å². The maximum absolute atomic E-state index is 11.7. The Morgan fingerprint density at radius 3 is 2.41 bits per heavy atom. The molecule has 1 N–H and O–H groups in total. The van der Waals surface area contributed by atoms with Gasteiger partial charge >= 0.3 is 0 Å². The number of aromatic hydroxyl groups is 1. The molecular weight excluding hydrogens is 284 g/mol. The highest BCUT2D eigenvalue weighted by Crippen LogP contribution is 2.10. The van der Waals surface area contributed by atoms with Gasteiger partial charge in [-0.1, -0.05) is 13.3 Å². The number of nitrogens with zero attached hydrogens (tertiary/aromatic N) is 2. The van der Waals surface area contributed by atoms with E-state index in [1.807, 2.05) is 4.57 Å². The molecule has 0 fully saturated rings. The Balaban J connectivity index is 2.89. The van der Waals surface area contributed by atoms with Crippen molar-refractivity contribution in [1.82, 2.24) is 9.47 Å². The van der Waals surface area contributed by atoms with Gasteiger partial charge in [0.15, 0.2) is 5.75 Å². The van der Waals surface area contributed by atoms with E-state index in [2.05, 4.69) is 11.8 Å². The van der Waals surface area contributed by atoms with Crippen LogP contribution in [0.5, 0.6) is 5.75 Å². The van der Waals surface area contributed by atoms with E-state index in [4.69, 9.17) is 9.47 Å². The van der Waals surface area contributed by atoms with Gasteiger partial charge in [-0.05, 0) is 6.42 Å². The van der Waals surface area contributed by atoms with Crippen molar-refractivity contribution in [3.63, 3.8) is 0 Å². The van der Waals surface area contributed by atoms with Gasteiger partial charge in [-0.25, -0.2) is 0 Å². The summed E-state index contributed by atoms with van der Waals surface area (Å²) in [5.74, 6) is -0.194. The van der Waals surface area contributed by atoms with Gasteiger partial charge in [-0.2, -0.15) is 0 Å². The topological polar surface area (TPSA) is 63.9 Å². The Bertz CT molecular complexity index is 480. The van der Waals surface area contributed by atoms with Crippen molar-refractivity contribution in [3.05, 3.63) is 28.2 Å². The molecule has 1 heterocycles. The van der Waals surface area contributed by atoms with Crippen LogP contribution in [0.1, 0.15) is 25.5 Å². The van der Waals surface area contributed by atoms with E-state index in [0.717, 1.165) is 38.2 Å². The lowest BCUT2D eigenvalue weighted by Gasteiger charge is -2.24. The van der Waals surface area contributed by atoms with Gasteiger partial charge in [-0.15, -0.1) is 0 Å². The fourth-order valence-corrected chi connectivity index (χ4v) is 2.22. The molecule has 22 heavy (non-hydrogen) atoms. The van der Waals surface area contributed by atoms with E-state index in [0.29, 0.717) is 19.8 Å². The average Bonchev–Trinajstić information content (AvgIpc) is 2.51. The Kier molecular flexibility index (Phi) is 8.81. The number of methoxy groups -OCH3 is 2. The molecule has 0 unspecified atom stereocenters. The van der Waals surface area contributed by atoms with Crippen LogP contribution in [0, 0.1) is 0 Å². The second-order valence-electron chi connectivity index (χ2n) is 5.32. The molecule has 1 rings (SSSR count). The van der Waals surface area contributed by atoms with Gasteiger partial charge in [0.2, 0.25) is 5.43 Å². The standard InChI is InChI=1S/C16H28N2O4/c1-4-5-6-18-13-16(20)15(19)11-14(18)12-17(7-9-21-2)8-10-22-3/h11,13,20H,4-10,12H2,1-3H3. The Morgan fingerprint density at radius 1 is 1.23 bits per heavy atom. The molecule has 0 bridgehead atoms. The van der Waals surface area contributed by atoms with Crippen LogP contribution < -0.4 is 5.43 Å². The van der Waals surface area contributed by atoms with Gasteiger partial charge in [0.25, 0.3) is 0 Å². The number of hydrogen-bond acceptors (Lipinski definition) is 5. The zero-order chi connectivity index (χ0) is 16.4. The molecular formula is C16H28N2O4. The number of ether oxygens (including phenoxy) is 2. The van der Waals surface area contributed by atoms with Crippen LogP contribution in [-0.2, 0) is 22.6 Å². The molecule has 6 heteroatoms. The van der Waals surface area contributed by atoms with E-state index < -0.39 is 0 Å². The van der Waals surface area contributed by atoms with Gasteiger partial charge < -0.3 is 19.1 Å². The molecule has 0 saturated carbocycles. The molecule has 1 aromatic rings. The molecule has 0 aliphatic rings. The Labute approximate surface area is 132 Å². The monoisotopic (exact) mass is 312 g/mol. The van der Waals surface area contributed by atoms with Crippen LogP contribution >= 0.6 is 0 Å². The molecule has 6 nitrogen and oxygen atoms in total. The highest BCUT2D eigenvalue weighted by molar-refractivity contribution is 5.20. The van der Waals surface area contributed by atoms with E-state index in [1.54, 1.807) is 14.2 Å². The second-order valence-corrected chi connectivity index (χ2v) is 5.32. The summed E-state index contributed by atoms with van der Waals surface area (Å²) in [4.78, 5) is 13.9. The SMILES string of the molecule is CCCCn1cc(O)c(=O)cc1CN(CCOC)CCOC. The Morgan fingerprint density at radius 2 is 1.86 bits per heavy atom. The van der Waals surface area contributed by atoms with E-state index >= 15 is 0 Å². The summed E-state index contributed by atoms with van der Waals surface area (Å²) in [7, 11) is 3.35. The summed E-state index contributed by atoms with van der Waals surface area (Å²) >= 11 is 0. The van der Waals surface area contributed by atoms with Crippen molar-refractivity contribution in [2.45, 2.75) is 32.9 Å². The smallest absolute Gasteiger partial charge is 0.223 e. The minimum atomic E-state index is -0.332. The summed E-state index contributed by atoms with van der Waals surface area (Å²) in [5, 5.41) is 9.65. The van der Waals surface area contributed by atoms with E-state index in [-0.39, 0.29) is 11.2 Å².